The van der Waals surface area contributed by atoms with Gasteiger partial charge in [-0.1, -0.05) is 12.1 Å². The lowest BCUT2D eigenvalue weighted by Crippen LogP contribution is -2.24. The van der Waals surface area contributed by atoms with Crippen molar-refractivity contribution in [2.75, 3.05) is 13.7 Å². The number of carbonyl (C=O) groups excluding carboxylic acids is 1. The number of aromatic nitrogens is 1. The number of benzene rings is 1. The molecule has 1 aromatic heterocycles. The Kier molecular flexibility index (Phi) is 4.19. The van der Waals surface area contributed by atoms with E-state index < -0.39 is 5.97 Å². The van der Waals surface area contributed by atoms with Crippen LogP contribution in [0, 0.1) is 0 Å². The molecule has 2 aromatic rings. The number of ether oxygens (including phenoxy) is 2. The number of nitrogens with zero attached hydrogens (tertiary/aromatic N) is 1. The van der Waals surface area contributed by atoms with Crippen molar-refractivity contribution in [2.24, 2.45) is 0 Å². The van der Waals surface area contributed by atoms with E-state index in [1.165, 1.54) is 7.11 Å². The Hall–Kier alpha value is -2.56. The minimum Gasteiger partial charge on any atom is -0.494 e. The fraction of sp³-hybridized carbons (Fsp3) is 0.333. The highest BCUT2D eigenvalue weighted by Crippen LogP contribution is 2.25. The summed E-state index contributed by atoms with van der Waals surface area (Å²) in [7, 11) is 1.36. The standard InChI is InChI=1S/C18H19NO4/c1-3-23-13-8-6-12(7-9-13)14-11-15(18(21)22-2)16-5-4-10-19(16)17(14)20/h6-9,11H,3-5,10H2,1-2H3. The molecule has 23 heavy (non-hydrogen) atoms. The van der Waals surface area contributed by atoms with E-state index in [0.717, 1.165) is 29.8 Å². The van der Waals surface area contributed by atoms with Gasteiger partial charge in [-0.3, -0.25) is 4.79 Å². The van der Waals surface area contributed by atoms with Crippen LogP contribution in [0.1, 0.15) is 29.4 Å². The first-order valence-corrected chi connectivity index (χ1v) is 7.74. The number of rotatable bonds is 4. The zero-order valence-corrected chi connectivity index (χ0v) is 13.3. The molecular weight excluding hydrogens is 294 g/mol. The number of carbonyl (C=O) groups is 1. The monoisotopic (exact) mass is 313 g/mol. The molecule has 5 heteroatoms. The third kappa shape index (κ3) is 2.74. The molecule has 1 aromatic carbocycles. The largest absolute Gasteiger partial charge is 0.494 e. The van der Waals surface area contributed by atoms with Crippen LogP contribution in [0.25, 0.3) is 11.1 Å². The lowest BCUT2D eigenvalue weighted by Gasteiger charge is -2.12. The van der Waals surface area contributed by atoms with E-state index in [4.69, 9.17) is 9.47 Å². The maximum Gasteiger partial charge on any atom is 0.339 e. The van der Waals surface area contributed by atoms with Gasteiger partial charge in [-0.05, 0) is 43.5 Å². The van der Waals surface area contributed by atoms with Crippen molar-refractivity contribution in [3.63, 3.8) is 0 Å². The molecule has 0 N–H and O–H groups in total. The van der Waals surface area contributed by atoms with E-state index in [-0.39, 0.29) is 5.56 Å². The fourth-order valence-electron chi connectivity index (χ4n) is 3.00. The quantitative estimate of drug-likeness (QED) is 0.814. The number of hydrogen-bond acceptors (Lipinski definition) is 4. The van der Waals surface area contributed by atoms with Gasteiger partial charge in [0.2, 0.25) is 0 Å². The van der Waals surface area contributed by atoms with E-state index in [0.29, 0.717) is 24.3 Å². The lowest BCUT2D eigenvalue weighted by atomic mass is 10.0. The van der Waals surface area contributed by atoms with Crippen molar-refractivity contribution < 1.29 is 14.3 Å². The molecule has 0 spiro atoms. The summed E-state index contributed by atoms with van der Waals surface area (Å²) in [5.74, 6) is 0.355. The van der Waals surface area contributed by atoms with E-state index >= 15 is 0 Å². The van der Waals surface area contributed by atoms with Crippen molar-refractivity contribution in [2.45, 2.75) is 26.3 Å². The first-order valence-electron chi connectivity index (χ1n) is 7.74. The molecule has 5 nitrogen and oxygen atoms in total. The van der Waals surface area contributed by atoms with Crippen LogP contribution in [0.15, 0.2) is 35.1 Å². The maximum absolute atomic E-state index is 12.7. The summed E-state index contributed by atoms with van der Waals surface area (Å²) in [6.45, 7) is 3.15. The molecule has 3 rings (SSSR count). The fourth-order valence-corrected chi connectivity index (χ4v) is 3.00. The Morgan fingerprint density at radius 1 is 1.26 bits per heavy atom. The highest BCUT2D eigenvalue weighted by Gasteiger charge is 2.23. The predicted molar refractivity (Wildman–Crippen MR) is 87.0 cm³/mol. The summed E-state index contributed by atoms with van der Waals surface area (Å²) in [6, 6.07) is 8.98. The second-order valence-electron chi connectivity index (χ2n) is 5.43. The number of pyridine rings is 1. The first-order chi connectivity index (χ1) is 11.2. The van der Waals surface area contributed by atoms with Crippen molar-refractivity contribution >= 4 is 5.97 Å². The zero-order valence-electron chi connectivity index (χ0n) is 13.3. The Morgan fingerprint density at radius 3 is 2.65 bits per heavy atom. The molecule has 2 heterocycles. The number of fused-ring (bicyclic) bond motifs is 1. The molecule has 0 atom stereocenters. The van der Waals surface area contributed by atoms with Crippen molar-refractivity contribution in [1.82, 2.24) is 4.57 Å². The normalized spacial score (nSPS) is 12.8. The van der Waals surface area contributed by atoms with Crippen LogP contribution in [-0.4, -0.2) is 24.3 Å². The molecule has 0 fully saturated rings. The third-order valence-corrected chi connectivity index (χ3v) is 4.08. The minimum absolute atomic E-state index is 0.0608. The van der Waals surface area contributed by atoms with Gasteiger partial charge < -0.3 is 14.0 Å². The predicted octanol–water partition coefficient (Wildman–Crippen LogP) is 2.65. The SMILES string of the molecule is CCOc1ccc(-c2cc(C(=O)OC)c3n(c2=O)CCC3)cc1. The Morgan fingerprint density at radius 2 is 2.00 bits per heavy atom. The molecule has 0 bridgehead atoms. The van der Waals surface area contributed by atoms with Gasteiger partial charge in [-0.2, -0.15) is 0 Å². The molecule has 0 saturated carbocycles. The Labute approximate surface area is 134 Å². The van der Waals surface area contributed by atoms with Gasteiger partial charge in [0, 0.05) is 17.8 Å². The van der Waals surface area contributed by atoms with Crippen molar-refractivity contribution in [3.8, 4) is 16.9 Å². The number of hydrogen-bond donors (Lipinski definition) is 0. The van der Waals surface area contributed by atoms with E-state index in [2.05, 4.69) is 0 Å². The van der Waals surface area contributed by atoms with Crippen LogP contribution in [-0.2, 0) is 17.7 Å². The summed E-state index contributed by atoms with van der Waals surface area (Å²) >= 11 is 0. The molecule has 120 valence electrons. The summed E-state index contributed by atoms with van der Waals surface area (Å²) in [4.78, 5) is 24.8. The smallest absolute Gasteiger partial charge is 0.339 e. The van der Waals surface area contributed by atoms with Gasteiger partial charge in [0.15, 0.2) is 0 Å². The molecule has 0 aliphatic carbocycles. The number of methoxy groups -OCH3 is 1. The summed E-state index contributed by atoms with van der Waals surface area (Å²) in [5.41, 5.74) is 2.48. The second kappa shape index (κ2) is 6.28. The topological polar surface area (TPSA) is 57.5 Å². The van der Waals surface area contributed by atoms with E-state index in [1.54, 1.807) is 10.6 Å². The van der Waals surface area contributed by atoms with Crippen LogP contribution in [0.3, 0.4) is 0 Å². The van der Waals surface area contributed by atoms with Crippen molar-refractivity contribution in [1.29, 1.82) is 0 Å². The molecule has 0 saturated heterocycles. The van der Waals surface area contributed by atoms with Crippen LogP contribution < -0.4 is 10.3 Å². The zero-order chi connectivity index (χ0) is 16.4. The molecule has 1 aliphatic rings. The Balaban J connectivity index is 2.12. The van der Waals surface area contributed by atoms with Gasteiger partial charge in [0.1, 0.15) is 5.75 Å². The highest BCUT2D eigenvalue weighted by molar-refractivity contribution is 5.92. The highest BCUT2D eigenvalue weighted by atomic mass is 16.5. The average molecular weight is 313 g/mol. The summed E-state index contributed by atoms with van der Waals surface area (Å²) in [6.07, 6.45) is 1.59. The van der Waals surface area contributed by atoms with Crippen molar-refractivity contribution in [3.05, 3.63) is 51.9 Å². The van der Waals surface area contributed by atoms with Gasteiger partial charge in [-0.15, -0.1) is 0 Å². The number of esters is 1. The molecule has 0 radical (unpaired) electrons. The average Bonchev–Trinajstić information content (AvgIpc) is 3.06. The van der Waals surface area contributed by atoms with E-state index in [9.17, 15) is 9.59 Å². The minimum atomic E-state index is -0.400. The molecule has 1 aliphatic heterocycles. The van der Waals surface area contributed by atoms with Crippen LogP contribution >= 0.6 is 0 Å². The molecule has 0 unspecified atom stereocenters. The van der Waals surface area contributed by atoms with Gasteiger partial charge in [0.05, 0.1) is 19.3 Å². The van der Waals surface area contributed by atoms with Crippen LogP contribution in [0.5, 0.6) is 5.75 Å². The summed E-state index contributed by atoms with van der Waals surface area (Å²) in [5, 5.41) is 0. The van der Waals surface area contributed by atoms with Gasteiger partial charge in [0.25, 0.3) is 5.56 Å². The first kappa shape index (κ1) is 15.3. The molecular formula is C18H19NO4. The second-order valence-corrected chi connectivity index (χ2v) is 5.43. The summed E-state index contributed by atoms with van der Waals surface area (Å²) < 4.78 is 12.0. The van der Waals surface area contributed by atoms with Crippen LogP contribution in [0.4, 0.5) is 0 Å². The molecule has 0 amide bonds. The Bertz CT molecular complexity index is 790. The van der Waals surface area contributed by atoms with Gasteiger partial charge in [-0.25, -0.2) is 4.79 Å². The van der Waals surface area contributed by atoms with Gasteiger partial charge >= 0.3 is 5.97 Å². The maximum atomic E-state index is 12.7. The third-order valence-electron chi connectivity index (χ3n) is 4.08. The lowest BCUT2D eigenvalue weighted by molar-refractivity contribution is 0.0598. The van der Waals surface area contributed by atoms with Crippen LogP contribution in [0.2, 0.25) is 0 Å². The van der Waals surface area contributed by atoms with E-state index in [1.807, 2.05) is 31.2 Å².